The third-order valence-electron chi connectivity index (χ3n) is 6.93. The predicted octanol–water partition coefficient (Wildman–Crippen LogP) is 8.88. The molecule has 40 heavy (non-hydrogen) atoms. The molecule has 1 fully saturated rings. The molecule has 0 spiro atoms. The molecule has 0 aromatic rings. The third kappa shape index (κ3) is 21.3. The molecule has 0 saturated heterocycles. The fourth-order valence-electron chi connectivity index (χ4n) is 4.57. The van der Waals surface area contributed by atoms with Crippen LogP contribution in [0.4, 0.5) is 0 Å². The van der Waals surface area contributed by atoms with Crippen molar-refractivity contribution in [1.82, 2.24) is 10.6 Å². The van der Waals surface area contributed by atoms with Crippen LogP contribution in [0.3, 0.4) is 0 Å². The highest BCUT2D eigenvalue weighted by Crippen LogP contribution is 2.41. The van der Waals surface area contributed by atoms with Crippen molar-refractivity contribution in [2.24, 2.45) is 22.5 Å². The largest absolute Gasteiger partial charge is 0.403 e. The van der Waals surface area contributed by atoms with Crippen LogP contribution in [0.15, 0.2) is 60.4 Å². The van der Waals surface area contributed by atoms with Gasteiger partial charge in [-0.05, 0) is 93.6 Å². The summed E-state index contributed by atoms with van der Waals surface area (Å²) in [5.41, 5.74) is 10.4. The molecule has 2 rings (SSSR count). The van der Waals surface area contributed by atoms with Crippen LogP contribution in [-0.2, 0) is 4.79 Å². The fraction of sp³-hybridized carbons (Fsp3) is 0.639. The molecule has 0 radical (unpaired) electrons. The number of hydrogen-bond acceptors (Lipinski definition) is 3. The van der Waals surface area contributed by atoms with Gasteiger partial charge in [0.15, 0.2) is 0 Å². The van der Waals surface area contributed by atoms with E-state index in [-0.39, 0.29) is 11.0 Å². The van der Waals surface area contributed by atoms with Crippen molar-refractivity contribution >= 4 is 6.41 Å². The number of nitrogens with two attached hydrogens (primary N) is 1. The van der Waals surface area contributed by atoms with E-state index < -0.39 is 0 Å². The minimum Gasteiger partial charge on any atom is -0.403 e. The summed E-state index contributed by atoms with van der Waals surface area (Å²) in [7, 11) is 0. The van der Waals surface area contributed by atoms with E-state index in [1.165, 1.54) is 37.7 Å². The van der Waals surface area contributed by atoms with Gasteiger partial charge in [0.1, 0.15) is 0 Å². The standard InChI is InChI=1S/C20H32.C10H21N3O.C2H6.C2H4.C2H2/c1-19(2,3)18(17-8-6-7-9-17)11-10-16-12-14-20(4,5)15-13-16;1-9(11)4-5-10(2,3)13-7-6-12-8-14;3*1-2/h6-8,11,16H,9-10,12-15H2,1-5H3;4,8,13H,5-7,11H2,1-3H3,(H,12,14);1-2H3;1-2H2;1-2H/b18-11+;9-4-;;;. The Bertz CT molecular complexity index is 790. The Morgan fingerprint density at radius 1 is 1.07 bits per heavy atom. The Labute approximate surface area is 250 Å². The molecule has 1 amide bonds. The molecular formula is C36H65N3O. The Morgan fingerprint density at radius 2 is 1.62 bits per heavy atom. The van der Waals surface area contributed by atoms with Crippen LogP contribution in [0.1, 0.15) is 114 Å². The van der Waals surface area contributed by atoms with Gasteiger partial charge in [-0.25, -0.2) is 0 Å². The highest BCUT2D eigenvalue weighted by atomic mass is 16.1. The summed E-state index contributed by atoms with van der Waals surface area (Å²) in [6.07, 6.45) is 29.0. The van der Waals surface area contributed by atoms with Gasteiger partial charge in [0.05, 0.1) is 0 Å². The molecule has 0 aliphatic heterocycles. The lowest BCUT2D eigenvalue weighted by Crippen LogP contribution is -2.42. The van der Waals surface area contributed by atoms with Gasteiger partial charge < -0.3 is 16.4 Å². The second-order valence-electron chi connectivity index (χ2n) is 12.6. The summed E-state index contributed by atoms with van der Waals surface area (Å²) in [4.78, 5) is 9.98. The molecule has 230 valence electrons. The lowest BCUT2D eigenvalue weighted by atomic mass is 9.71. The van der Waals surface area contributed by atoms with Crippen LogP contribution in [0.2, 0.25) is 0 Å². The summed E-state index contributed by atoms with van der Waals surface area (Å²) in [5.74, 6) is 0.912. The molecule has 4 heteroatoms. The van der Waals surface area contributed by atoms with E-state index in [1.54, 1.807) is 5.57 Å². The Kier molecular flexibility index (Phi) is 24.4. The van der Waals surface area contributed by atoms with Crippen molar-refractivity contribution in [2.45, 2.75) is 120 Å². The zero-order valence-corrected chi connectivity index (χ0v) is 28.0. The van der Waals surface area contributed by atoms with E-state index in [2.05, 4.69) is 109 Å². The molecule has 0 aromatic heterocycles. The molecule has 0 unspecified atom stereocenters. The monoisotopic (exact) mass is 556 g/mol. The van der Waals surface area contributed by atoms with E-state index in [4.69, 9.17) is 5.73 Å². The molecule has 4 N–H and O–H groups in total. The molecule has 0 atom stereocenters. The summed E-state index contributed by atoms with van der Waals surface area (Å²) in [6, 6.07) is 0. The van der Waals surface area contributed by atoms with Crippen molar-refractivity contribution in [1.29, 1.82) is 0 Å². The van der Waals surface area contributed by atoms with Crippen LogP contribution < -0.4 is 16.4 Å². The maximum atomic E-state index is 9.98. The van der Waals surface area contributed by atoms with E-state index in [1.807, 2.05) is 26.8 Å². The summed E-state index contributed by atoms with van der Waals surface area (Å²) in [5, 5.41) is 5.93. The van der Waals surface area contributed by atoms with Crippen LogP contribution in [-0.4, -0.2) is 25.0 Å². The highest BCUT2D eigenvalue weighted by Gasteiger charge is 2.27. The topological polar surface area (TPSA) is 67.2 Å². The van der Waals surface area contributed by atoms with Crippen molar-refractivity contribution in [3.63, 3.8) is 0 Å². The van der Waals surface area contributed by atoms with Crippen molar-refractivity contribution in [2.75, 3.05) is 13.1 Å². The van der Waals surface area contributed by atoms with Crippen LogP contribution in [0.25, 0.3) is 0 Å². The van der Waals surface area contributed by atoms with Gasteiger partial charge in [-0.3, -0.25) is 4.79 Å². The van der Waals surface area contributed by atoms with Crippen molar-refractivity contribution in [3.8, 4) is 12.8 Å². The van der Waals surface area contributed by atoms with E-state index in [0.717, 1.165) is 31.0 Å². The predicted molar refractivity (Wildman–Crippen MR) is 181 cm³/mol. The number of terminal acetylenes is 1. The number of amides is 1. The van der Waals surface area contributed by atoms with E-state index >= 15 is 0 Å². The zero-order valence-electron chi connectivity index (χ0n) is 28.0. The second-order valence-corrected chi connectivity index (χ2v) is 12.6. The second kappa shape index (κ2) is 23.2. The van der Waals surface area contributed by atoms with E-state index in [0.29, 0.717) is 18.4 Å². The molecule has 1 saturated carbocycles. The summed E-state index contributed by atoms with van der Waals surface area (Å²) >= 11 is 0. The number of nitrogens with one attached hydrogen (secondary N) is 2. The Morgan fingerprint density at radius 3 is 2.05 bits per heavy atom. The smallest absolute Gasteiger partial charge is 0.207 e. The highest BCUT2D eigenvalue weighted by molar-refractivity contribution is 5.45. The van der Waals surface area contributed by atoms with Crippen LogP contribution in [0.5, 0.6) is 0 Å². The average molecular weight is 556 g/mol. The number of hydrogen-bond donors (Lipinski definition) is 3. The third-order valence-corrected chi connectivity index (χ3v) is 6.93. The quantitative estimate of drug-likeness (QED) is 0.109. The minimum atomic E-state index is 0.0190. The minimum absolute atomic E-state index is 0.0190. The molecule has 0 aromatic carbocycles. The molecule has 2 aliphatic carbocycles. The zero-order chi connectivity index (χ0) is 31.8. The van der Waals surface area contributed by atoms with Gasteiger partial charge in [-0.1, -0.05) is 78.8 Å². The molecule has 0 bridgehead atoms. The first kappa shape index (κ1) is 42.0. The van der Waals surface area contributed by atoms with Crippen LogP contribution >= 0.6 is 0 Å². The average Bonchev–Trinajstić information content (AvgIpc) is 3.44. The normalized spacial score (nSPS) is 16.8. The molecule has 2 aliphatic rings. The van der Waals surface area contributed by atoms with Crippen molar-refractivity contribution in [3.05, 3.63) is 60.4 Å². The Hall–Kier alpha value is -2.51. The first-order valence-corrected chi connectivity index (χ1v) is 15.0. The maximum Gasteiger partial charge on any atom is 0.207 e. The van der Waals surface area contributed by atoms with Gasteiger partial charge in [0.2, 0.25) is 6.41 Å². The molecule has 0 heterocycles. The van der Waals surface area contributed by atoms with Gasteiger partial charge >= 0.3 is 0 Å². The summed E-state index contributed by atoms with van der Waals surface area (Å²) in [6.45, 7) is 29.4. The SMILES string of the molecule is C#C.C/C(N)=C/CC(C)(C)NCCNC=O.C=C.CC.CC1(C)CCC(C/C=C(\C2=CC=CC2)C(C)(C)C)CC1. The van der Waals surface area contributed by atoms with E-state index in [9.17, 15) is 4.79 Å². The Balaban J connectivity index is -0.000000603. The maximum absolute atomic E-state index is 9.98. The van der Waals surface area contributed by atoms with Crippen LogP contribution in [0, 0.1) is 29.6 Å². The lowest BCUT2D eigenvalue weighted by Gasteiger charge is -2.34. The number of rotatable bonds is 10. The van der Waals surface area contributed by atoms with Gasteiger partial charge in [-0.2, -0.15) is 0 Å². The number of allylic oxidation sites excluding steroid dienone is 7. The number of carbonyl (C=O) groups is 1. The van der Waals surface area contributed by atoms with Gasteiger partial charge in [-0.15, -0.1) is 26.0 Å². The lowest BCUT2D eigenvalue weighted by molar-refractivity contribution is -0.109. The van der Waals surface area contributed by atoms with Crippen molar-refractivity contribution < 1.29 is 4.79 Å². The molecule has 4 nitrogen and oxygen atoms in total. The van der Waals surface area contributed by atoms with Gasteiger partial charge in [0.25, 0.3) is 0 Å². The first-order chi connectivity index (χ1) is 18.8. The first-order valence-electron chi connectivity index (χ1n) is 15.0. The van der Waals surface area contributed by atoms with Gasteiger partial charge in [0, 0.05) is 24.3 Å². The molecular weight excluding hydrogens is 490 g/mol. The number of carbonyl (C=O) groups excluding carboxylic acids is 1. The fourth-order valence-corrected chi connectivity index (χ4v) is 4.57. The summed E-state index contributed by atoms with van der Waals surface area (Å²) < 4.78 is 0.